The van der Waals surface area contributed by atoms with Gasteiger partial charge in [0.05, 0.1) is 38.8 Å². The first-order valence-corrected chi connectivity index (χ1v) is 15.4. The summed E-state index contributed by atoms with van der Waals surface area (Å²) in [7, 11) is 0. The lowest BCUT2D eigenvalue weighted by Crippen LogP contribution is -2.07. The minimum Gasteiger partial charge on any atom is -0.278 e. The molecule has 0 aliphatic heterocycles. The SMILES string of the molecule is c1ccc2c(c1)-c1nc(-n3c4ccccc4c4ccccc43)nc3nc(-n4c5ccccc5c5ccc6ccccc6c54)nc-2c13. The second kappa shape index (κ2) is 8.61. The number of hydrogen-bond acceptors (Lipinski definition) is 4. The zero-order valence-corrected chi connectivity index (χ0v) is 24.4. The molecule has 11 rings (SSSR count). The molecule has 212 valence electrons. The maximum absolute atomic E-state index is 5.32. The topological polar surface area (TPSA) is 61.4 Å². The van der Waals surface area contributed by atoms with Gasteiger partial charge in [0.15, 0.2) is 5.65 Å². The Morgan fingerprint density at radius 2 is 0.848 bits per heavy atom. The fraction of sp³-hybridized carbons (Fsp3) is 0. The van der Waals surface area contributed by atoms with Crippen LogP contribution in [0.15, 0.2) is 133 Å². The predicted molar refractivity (Wildman–Crippen MR) is 186 cm³/mol. The molecule has 46 heavy (non-hydrogen) atoms. The molecule has 0 saturated carbocycles. The Morgan fingerprint density at radius 1 is 0.370 bits per heavy atom. The van der Waals surface area contributed by atoms with Crippen LogP contribution >= 0.6 is 0 Å². The zero-order valence-electron chi connectivity index (χ0n) is 24.4. The second-order valence-corrected chi connectivity index (χ2v) is 11.9. The third-order valence-electron chi connectivity index (χ3n) is 9.51. The van der Waals surface area contributed by atoms with E-state index in [1.54, 1.807) is 0 Å². The van der Waals surface area contributed by atoms with E-state index in [0.29, 0.717) is 17.5 Å². The zero-order chi connectivity index (χ0) is 29.9. The van der Waals surface area contributed by atoms with Gasteiger partial charge in [0.2, 0.25) is 11.9 Å². The Balaban J connectivity index is 1.30. The van der Waals surface area contributed by atoms with Gasteiger partial charge < -0.3 is 0 Å². The summed E-state index contributed by atoms with van der Waals surface area (Å²) in [5.41, 5.74) is 8.73. The summed E-state index contributed by atoms with van der Waals surface area (Å²) in [5.74, 6) is 1.19. The molecule has 0 amide bonds. The van der Waals surface area contributed by atoms with E-state index in [4.69, 9.17) is 19.9 Å². The lowest BCUT2D eigenvalue weighted by atomic mass is 10.1. The molecule has 0 N–H and O–H groups in total. The largest absolute Gasteiger partial charge is 0.278 e. The van der Waals surface area contributed by atoms with E-state index in [1.807, 2.05) is 0 Å². The van der Waals surface area contributed by atoms with Crippen molar-refractivity contribution in [2.24, 2.45) is 0 Å². The van der Waals surface area contributed by atoms with Gasteiger partial charge in [0, 0.05) is 38.1 Å². The Hall–Kier alpha value is -6.40. The van der Waals surface area contributed by atoms with E-state index in [2.05, 4.69) is 143 Å². The van der Waals surface area contributed by atoms with Crippen molar-refractivity contribution in [3.05, 3.63) is 133 Å². The normalized spacial score (nSPS) is 12.3. The number of nitrogens with zero attached hydrogens (tertiary/aromatic N) is 6. The van der Waals surface area contributed by atoms with E-state index < -0.39 is 0 Å². The van der Waals surface area contributed by atoms with E-state index in [-0.39, 0.29) is 0 Å². The first kappa shape index (κ1) is 24.0. The molecule has 0 spiro atoms. The van der Waals surface area contributed by atoms with Gasteiger partial charge in [-0.3, -0.25) is 9.13 Å². The summed E-state index contributed by atoms with van der Waals surface area (Å²) >= 11 is 0. The van der Waals surface area contributed by atoms with Crippen molar-refractivity contribution in [3.63, 3.8) is 0 Å². The van der Waals surface area contributed by atoms with Crippen LogP contribution in [-0.2, 0) is 0 Å². The standard InChI is InChI=1S/C40H22N6/c1-2-12-24-23(11-1)21-22-30-27-15-7-10-20-33(27)46(37(24)30)40-42-36-29-17-4-3-16-28(29)35-34(36)38(44-40)43-39(41-35)45-31-18-8-5-13-25(31)26-14-6-9-19-32(26)45/h1-22H. The Morgan fingerprint density at radius 3 is 1.48 bits per heavy atom. The molecule has 10 aromatic rings. The average molecular weight is 587 g/mol. The smallest absolute Gasteiger partial charge is 0.237 e. The summed E-state index contributed by atoms with van der Waals surface area (Å²) in [6.45, 7) is 0. The Kier molecular flexibility index (Phi) is 4.49. The second-order valence-electron chi connectivity index (χ2n) is 11.9. The lowest BCUT2D eigenvalue weighted by Gasteiger charge is -2.12. The van der Waals surface area contributed by atoms with Crippen LogP contribution in [0.1, 0.15) is 0 Å². The lowest BCUT2D eigenvalue weighted by molar-refractivity contribution is 0.977. The highest BCUT2D eigenvalue weighted by Crippen LogP contribution is 2.46. The molecular weight excluding hydrogens is 564 g/mol. The van der Waals surface area contributed by atoms with Gasteiger partial charge in [-0.15, -0.1) is 0 Å². The van der Waals surface area contributed by atoms with Gasteiger partial charge in [-0.1, -0.05) is 115 Å². The number of para-hydroxylation sites is 3. The average Bonchev–Trinajstić information content (AvgIpc) is 3.75. The number of benzene rings is 6. The molecule has 6 heteroatoms. The molecule has 6 aromatic carbocycles. The number of fused-ring (bicyclic) bond motifs is 11. The summed E-state index contributed by atoms with van der Waals surface area (Å²) in [6.07, 6.45) is 0. The minimum absolute atomic E-state index is 0.597. The van der Waals surface area contributed by atoms with Crippen molar-refractivity contribution in [2.75, 3.05) is 0 Å². The Bertz CT molecular complexity index is 2880. The fourth-order valence-electron chi connectivity index (χ4n) is 7.57. The van der Waals surface area contributed by atoms with Crippen molar-refractivity contribution in [3.8, 4) is 34.4 Å². The van der Waals surface area contributed by atoms with Crippen LogP contribution in [0.25, 0.3) is 99.8 Å². The van der Waals surface area contributed by atoms with Gasteiger partial charge in [-0.2, -0.15) is 9.97 Å². The summed E-state index contributed by atoms with van der Waals surface area (Å²) in [4.78, 5) is 21.1. The number of aromatic nitrogens is 6. The third-order valence-corrected chi connectivity index (χ3v) is 9.51. The molecule has 0 radical (unpaired) electrons. The van der Waals surface area contributed by atoms with Crippen molar-refractivity contribution < 1.29 is 0 Å². The molecule has 1 aliphatic carbocycles. The minimum atomic E-state index is 0.597. The molecular formula is C40H22N6. The van der Waals surface area contributed by atoms with Gasteiger partial charge in [-0.05, 0) is 23.6 Å². The fourth-order valence-corrected chi connectivity index (χ4v) is 7.57. The van der Waals surface area contributed by atoms with Crippen LogP contribution in [0.2, 0.25) is 0 Å². The molecule has 0 bridgehead atoms. The predicted octanol–water partition coefficient (Wildman–Crippen LogP) is 9.41. The van der Waals surface area contributed by atoms with Crippen LogP contribution in [0, 0.1) is 0 Å². The van der Waals surface area contributed by atoms with E-state index in [9.17, 15) is 0 Å². The molecule has 4 aromatic heterocycles. The van der Waals surface area contributed by atoms with Gasteiger partial charge >= 0.3 is 0 Å². The highest BCUT2D eigenvalue weighted by Gasteiger charge is 2.29. The van der Waals surface area contributed by atoms with Crippen molar-refractivity contribution in [1.29, 1.82) is 0 Å². The Labute approximate surface area is 261 Å². The van der Waals surface area contributed by atoms with Crippen molar-refractivity contribution in [2.45, 2.75) is 0 Å². The van der Waals surface area contributed by atoms with E-state index in [1.165, 1.54) is 21.5 Å². The molecule has 0 unspecified atom stereocenters. The van der Waals surface area contributed by atoms with Gasteiger partial charge in [0.1, 0.15) is 0 Å². The summed E-state index contributed by atoms with van der Waals surface area (Å²) < 4.78 is 4.38. The summed E-state index contributed by atoms with van der Waals surface area (Å²) in [5, 5.41) is 7.89. The summed E-state index contributed by atoms with van der Waals surface area (Å²) in [6, 6.07) is 46.7. The molecule has 1 aliphatic rings. The molecule has 0 atom stereocenters. The maximum Gasteiger partial charge on any atom is 0.237 e. The van der Waals surface area contributed by atoms with Gasteiger partial charge in [0.25, 0.3) is 0 Å². The van der Waals surface area contributed by atoms with Crippen molar-refractivity contribution in [1.82, 2.24) is 29.1 Å². The third kappa shape index (κ3) is 3.00. The van der Waals surface area contributed by atoms with Gasteiger partial charge in [-0.25, -0.2) is 9.97 Å². The first-order chi connectivity index (χ1) is 22.8. The quantitative estimate of drug-likeness (QED) is 0.202. The number of rotatable bonds is 2. The highest BCUT2D eigenvalue weighted by atomic mass is 15.2. The van der Waals surface area contributed by atoms with Crippen LogP contribution in [0.4, 0.5) is 0 Å². The molecule has 0 fully saturated rings. The van der Waals surface area contributed by atoms with Crippen LogP contribution in [-0.4, -0.2) is 29.1 Å². The number of hydrogen-bond donors (Lipinski definition) is 0. The van der Waals surface area contributed by atoms with E-state index >= 15 is 0 Å². The molecule has 4 heterocycles. The first-order valence-electron chi connectivity index (χ1n) is 15.4. The highest BCUT2D eigenvalue weighted by molar-refractivity contribution is 6.19. The van der Waals surface area contributed by atoms with Crippen molar-refractivity contribution >= 4 is 65.4 Å². The van der Waals surface area contributed by atoms with E-state index in [0.717, 1.165) is 60.7 Å². The van der Waals surface area contributed by atoms with Crippen LogP contribution < -0.4 is 0 Å². The monoisotopic (exact) mass is 586 g/mol. The molecule has 6 nitrogen and oxygen atoms in total. The maximum atomic E-state index is 5.32. The van der Waals surface area contributed by atoms with Crippen LogP contribution in [0.3, 0.4) is 0 Å². The molecule has 0 saturated heterocycles. The van der Waals surface area contributed by atoms with Crippen LogP contribution in [0.5, 0.6) is 0 Å².